The van der Waals surface area contributed by atoms with Crippen molar-refractivity contribution in [2.24, 2.45) is 0 Å². The van der Waals surface area contributed by atoms with Crippen LogP contribution >= 0.6 is 22.6 Å². The van der Waals surface area contributed by atoms with Crippen molar-refractivity contribution in [3.8, 4) is 11.1 Å². The number of hydrogen-bond acceptors (Lipinski definition) is 2. The Morgan fingerprint density at radius 3 is 2.23 bits per heavy atom. The van der Waals surface area contributed by atoms with Crippen LogP contribution in [0.15, 0.2) is 48.5 Å². The summed E-state index contributed by atoms with van der Waals surface area (Å²) in [6.07, 6.45) is -0.342. The summed E-state index contributed by atoms with van der Waals surface area (Å²) in [4.78, 5) is 11.9. The lowest BCUT2D eigenvalue weighted by Crippen LogP contribution is -2.34. The molecule has 0 saturated heterocycles. The van der Waals surface area contributed by atoms with Crippen molar-refractivity contribution in [3.05, 3.63) is 59.7 Å². The van der Waals surface area contributed by atoms with E-state index in [9.17, 15) is 4.79 Å². The Labute approximate surface area is 144 Å². The normalized spacial score (nSPS) is 14.1. The number of rotatable bonds is 4. The van der Waals surface area contributed by atoms with E-state index in [1.807, 2.05) is 31.2 Å². The van der Waals surface area contributed by atoms with Gasteiger partial charge in [-0.15, -0.1) is 0 Å². The van der Waals surface area contributed by atoms with Gasteiger partial charge in [0.15, 0.2) is 0 Å². The maximum Gasteiger partial charge on any atom is 0.407 e. The van der Waals surface area contributed by atoms with E-state index >= 15 is 0 Å². The van der Waals surface area contributed by atoms with Gasteiger partial charge in [0.1, 0.15) is 6.61 Å². The molecule has 1 atom stereocenters. The second kappa shape index (κ2) is 6.69. The van der Waals surface area contributed by atoms with Crippen LogP contribution in [0.25, 0.3) is 11.1 Å². The van der Waals surface area contributed by atoms with Gasteiger partial charge in [-0.25, -0.2) is 4.79 Å². The van der Waals surface area contributed by atoms with Crippen LogP contribution in [0, 0.1) is 0 Å². The molecule has 0 aliphatic heterocycles. The maximum absolute atomic E-state index is 11.9. The van der Waals surface area contributed by atoms with Crippen molar-refractivity contribution in [2.75, 3.05) is 11.0 Å². The summed E-state index contributed by atoms with van der Waals surface area (Å²) in [5.41, 5.74) is 4.96. The predicted octanol–water partition coefficient (Wildman–Crippen LogP) is 4.35. The number of benzene rings is 2. The second-order valence-electron chi connectivity index (χ2n) is 5.53. The number of fused-ring (bicyclic) bond motifs is 3. The molecule has 0 bridgehead atoms. The van der Waals surface area contributed by atoms with Gasteiger partial charge in [0.05, 0.1) is 0 Å². The number of hydrogen-bond donors (Lipinski definition) is 1. The number of carbonyl (C=O) groups excluding carboxylic acids is 1. The Morgan fingerprint density at radius 2 is 1.68 bits per heavy atom. The van der Waals surface area contributed by atoms with Gasteiger partial charge in [0.2, 0.25) is 0 Å². The van der Waals surface area contributed by atoms with E-state index in [4.69, 9.17) is 4.74 Å². The SMILES string of the molecule is C[C@@H](CI)NC(=O)OCC1c2ccccc2-c2ccccc21. The van der Waals surface area contributed by atoms with E-state index in [0.29, 0.717) is 6.61 Å². The van der Waals surface area contributed by atoms with E-state index in [1.54, 1.807) is 0 Å². The molecule has 0 aromatic heterocycles. The van der Waals surface area contributed by atoms with Crippen molar-refractivity contribution in [1.82, 2.24) is 5.32 Å². The van der Waals surface area contributed by atoms with Gasteiger partial charge < -0.3 is 10.1 Å². The molecule has 1 amide bonds. The zero-order chi connectivity index (χ0) is 15.5. The molecule has 0 radical (unpaired) electrons. The minimum atomic E-state index is -0.342. The minimum absolute atomic E-state index is 0.119. The maximum atomic E-state index is 11.9. The molecule has 0 unspecified atom stereocenters. The van der Waals surface area contributed by atoms with E-state index in [1.165, 1.54) is 22.3 Å². The van der Waals surface area contributed by atoms with E-state index in [2.05, 4.69) is 52.2 Å². The Hall–Kier alpha value is -1.56. The number of halogens is 1. The molecule has 0 spiro atoms. The highest BCUT2D eigenvalue weighted by Gasteiger charge is 2.28. The summed E-state index contributed by atoms with van der Waals surface area (Å²) >= 11 is 2.24. The second-order valence-corrected chi connectivity index (χ2v) is 6.41. The molecule has 2 aromatic rings. The standard InChI is InChI=1S/C18H18INO2/c1-12(10-19)20-18(21)22-11-17-15-8-4-2-6-13(15)14-7-3-5-9-16(14)17/h2-9,12,17H,10-11H2,1H3,(H,20,21)/t12-/m0/s1. The first-order valence-electron chi connectivity index (χ1n) is 7.38. The fourth-order valence-electron chi connectivity index (χ4n) is 2.88. The Morgan fingerprint density at radius 1 is 1.14 bits per heavy atom. The first-order chi connectivity index (χ1) is 10.7. The van der Waals surface area contributed by atoms with Crippen LogP contribution in [0.4, 0.5) is 4.79 Å². The zero-order valence-corrected chi connectivity index (χ0v) is 14.5. The smallest absolute Gasteiger partial charge is 0.407 e. The highest BCUT2D eigenvalue weighted by molar-refractivity contribution is 14.1. The highest BCUT2D eigenvalue weighted by Crippen LogP contribution is 2.44. The van der Waals surface area contributed by atoms with Crippen LogP contribution in [-0.4, -0.2) is 23.2 Å². The Balaban J connectivity index is 1.78. The molecule has 1 N–H and O–H groups in total. The number of nitrogens with one attached hydrogen (secondary N) is 1. The van der Waals surface area contributed by atoms with Crippen LogP contribution in [0.3, 0.4) is 0 Å². The molecule has 3 nitrogen and oxygen atoms in total. The zero-order valence-electron chi connectivity index (χ0n) is 12.4. The molecule has 114 valence electrons. The van der Waals surface area contributed by atoms with E-state index in [0.717, 1.165) is 4.43 Å². The molecule has 1 aliphatic carbocycles. The predicted molar refractivity (Wildman–Crippen MR) is 96.6 cm³/mol. The van der Waals surface area contributed by atoms with E-state index < -0.39 is 0 Å². The van der Waals surface area contributed by atoms with Gasteiger partial charge >= 0.3 is 6.09 Å². The fourth-order valence-corrected chi connectivity index (χ4v) is 3.10. The topological polar surface area (TPSA) is 38.3 Å². The number of amides is 1. The molecular formula is C18H18INO2. The summed E-state index contributed by atoms with van der Waals surface area (Å²) in [6, 6.07) is 16.8. The number of carbonyl (C=O) groups is 1. The van der Waals surface area contributed by atoms with Gasteiger partial charge in [-0.05, 0) is 29.2 Å². The summed E-state index contributed by atoms with van der Waals surface area (Å²) in [7, 11) is 0. The molecule has 2 aromatic carbocycles. The van der Waals surface area contributed by atoms with Crippen molar-refractivity contribution in [1.29, 1.82) is 0 Å². The van der Waals surface area contributed by atoms with Gasteiger partial charge in [-0.1, -0.05) is 71.1 Å². The molecule has 4 heteroatoms. The Kier molecular flexibility index (Phi) is 4.66. The van der Waals surface area contributed by atoms with Crippen molar-refractivity contribution in [2.45, 2.75) is 18.9 Å². The summed E-state index contributed by atoms with van der Waals surface area (Å²) in [5.74, 6) is 0.119. The molecule has 0 saturated carbocycles. The first-order valence-corrected chi connectivity index (χ1v) is 8.90. The quantitative estimate of drug-likeness (QED) is 0.605. The summed E-state index contributed by atoms with van der Waals surface area (Å²) in [6.45, 7) is 2.34. The number of alkyl halides is 1. The Bertz CT molecular complexity index is 641. The molecule has 3 rings (SSSR count). The largest absolute Gasteiger partial charge is 0.449 e. The lowest BCUT2D eigenvalue weighted by Gasteiger charge is -2.16. The summed E-state index contributed by atoms with van der Waals surface area (Å²) < 4.78 is 6.32. The van der Waals surface area contributed by atoms with Gasteiger partial charge in [-0.2, -0.15) is 0 Å². The molecule has 0 fully saturated rings. The van der Waals surface area contributed by atoms with Gasteiger partial charge in [0, 0.05) is 16.4 Å². The third kappa shape index (κ3) is 2.97. The highest BCUT2D eigenvalue weighted by atomic mass is 127. The van der Waals surface area contributed by atoms with Gasteiger partial charge in [0.25, 0.3) is 0 Å². The fraction of sp³-hybridized carbons (Fsp3) is 0.278. The minimum Gasteiger partial charge on any atom is -0.449 e. The third-order valence-electron chi connectivity index (χ3n) is 3.94. The third-order valence-corrected chi connectivity index (χ3v) is 5.26. The molecule has 0 heterocycles. The number of alkyl carbamates (subject to hydrolysis) is 1. The molecule has 22 heavy (non-hydrogen) atoms. The van der Waals surface area contributed by atoms with E-state index in [-0.39, 0.29) is 18.1 Å². The summed E-state index contributed by atoms with van der Waals surface area (Å²) in [5, 5.41) is 2.83. The average molecular weight is 407 g/mol. The monoisotopic (exact) mass is 407 g/mol. The van der Waals surface area contributed by atoms with Crippen molar-refractivity contribution >= 4 is 28.7 Å². The molecular weight excluding hydrogens is 389 g/mol. The lowest BCUT2D eigenvalue weighted by molar-refractivity contribution is 0.141. The first kappa shape index (κ1) is 15.3. The molecule has 1 aliphatic rings. The number of ether oxygens (including phenoxy) is 1. The van der Waals surface area contributed by atoms with Crippen molar-refractivity contribution in [3.63, 3.8) is 0 Å². The van der Waals surface area contributed by atoms with Crippen LogP contribution in [0.1, 0.15) is 24.0 Å². The lowest BCUT2D eigenvalue weighted by atomic mass is 9.98. The van der Waals surface area contributed by atoms with Crippen LogP contribution in [0.2, 0.25) is 0 Å². The van der Waals surface area contributed by atoms with Gasteiger partial charge in [-0.3, -0.25) is 0 Å². The van der Waals surface area contributed by atoms with Crippen LogP contribution < -0.4 is 5.32 Å². The van der Waals surface area contributed by atoms with Crippen LogP contribution in [0.5, 0.6) is 0 Å². The average Bonchev–Trinajstić information content (AvgIpc) is 2.87. The van der Waals surface area contributed by atoms with Crippen molar-refractivity contribution < 1.29 is 9.53 Å². The van der Waals surface area contributed by atoms with Crippen LogP contribution in [-0.2, 0) is 4.74 Å².